The molecule has 3 rings (SSSR count). The molecule has 0 aliphatic carbocycles. The van der Waals surface area contributed by atoms with Crippen LogP contribution in [0.1, 0.15) is 31.2 Å². The average molecular weight is 308 g/mol. The Morgan fingerprint density at radius 2 is 2.10 bits per heavy atom. The van der Waals surface area contributed by atoms with Gasteiger partial charge < -0.3 is 4.74 Å². The molecule has 1 saturated heterocycles. The maximum atomic E-state index is 12.6. The summed E-state index contributed by atoms with van der Waals surface area (Å²) in [6.45, 7) is 2.92. The van der Waals surface area contributed by atoms with E-state index in [4.69, 9.17) is 4.74 Å². The van der Waals surface area contributed by atoms with Crippen molar-refractivity contribution in [1.29, 1.82) is 0 Å². The van der Waals surface area contributed by atoms with E-state index in [1.807, 2.05) is 41.7 Å². The monoisotopic (exact) mass is 308 g/mol. The van der Waals surface area contributed by atoms with Crippen LogP contribution < -0.4 is 4.74 Å². The Morgan fingerprint density at radius 3 is 2.95 bits per heavy atom. The quantitative estimate of drug-likeness (QED) is 0.849. The largest absolute Gasteiger partial charge is 0.493 e. The van der Waals surface area contributed by atoms with Crippen LogP contribution in [0.25, 0.3) is 0 Å². The molecule has 0 saturated carbocycles. The van der Waals surface area contributed by atoms with Crippen LogP contribution in [-0.4, -0.2) is 34.4 Å². The molecule has 20 heavy (non-hydrogen) atoms. The van der Waals surface area contributed by atoms with Gasteiger partial charge in [0.1, 0.15) is 11.5 Å². The molecule has 2 heterocycles. The van der Waals surface area contributed by atoms with Gasteiger partial charge in [-0.05, 0) is 24.0 Å². The smallest absolute Gasteiger partial charge is 0.147 e. The number of fused-ring (bicyclic) bond motifs is 1. The van der Waals surface area contributed by atoms with Gasteiger partial charge in [0.05, 0.1) is 11.9 Å². The minimum Gasteiger partial charge on any atom is -0.493 e. The van der Waals surface area contributed by atoms with E-state index in [9.17, 15) is 4.79 Å². The molecule has 0 aromatic heterocycles. The van der Waals surface area contributed by atoms with E-state index < -0.39 is 0 Å². The Bertz CT molecular complexity index is 489. The lowest BCUT2D eigenvalue weighted by Crippen LogP contribution is -2.32. The highest BCUT2D eigenvalue weighted by molar-refractivity contribution is 8.07. The van der Waals surface area contributed by atoms with Gasteiger partial charge in [-0.2, -0.15) is 11.8 Å². The summed E-state index contributed by atoms with van der Waals surface area (Å²) in [7, 11) is 0. The molecule has 1 fully saturated rings. The second-order valence-corrected chi connectivity index (χ2v) is 8.14. The molecule has 2 aliphatic rings. The zero-order valence-corrected chi connectivity index (χ0v) is 13.3. The first-order valence-electron chi connectivity index (χ1n) is 7.23. The number of Topliss-reactive ketones (excluding diaryl/α,β-unsaturated/α-hetero) is 1. The first kappa shape index (κ1) is 14.3. The molecule has 0 N–H and O–H groups in total. The van der Waals surface area contributed by atoms with Gasteiger partial charge in [0, 0.05) is 23.2 Å². The van der Waals surface area contributed by atoms with Gasteiger partial charge in [0.2, 0.25) is 0 Å². The van der Waals surface area contributed by atoms with Gasteiger partial charge in [-0.25, -0.2) is 0 Å². The molecule has 0 spiro atoms. The van der Waals surface area contributed by atoms with Crippen molar-refractivity contribution < 1.29 is 9.53 Å². The molecule has 2 nitrogen and oxygen atoms in total. The number of thioether (sulfide) groups is 2. The van der Waals surface area contributed by atoms with Crippen molar-refractivity contribution in [2.45, 2.75) is 36.2 Å². The SMILES string of the molecule is CC1SCCSC1C(=O)CC1CCOc2ccccc21. The van der Waals surface area contributed by atoms with Gasteiger partial charge in [-0.1, -0.05) is 25.1 Å². The molecule has 0 bridgehead atoms. The van der Waals surface area contributed by atoms with Gasteiger partial charge in [-0.15, -0.1) is 11.8 Å². The van der Waals surface area contributed by atoms with Crippen molar-refractivity contribution >= 4 is 29.3 Å². The summed E-state index contributed by atoms with van der Waals surface area (Å²) in [6, 6.07) is 8.16. The van der Waals surface area contributed by atoms with Crippen LogP contribution in [0.4, 0.5) is 0 Å². The average Bonchev–Trinajstić information content (AvgIpc) is 2.48. The number of hydrogen-bond donors (Lipinski definition) is 0. The summed E-state index contributed by atoms with van der Waals surface area (Å²) < 4.78 is 5.68. The molecule has 0 radical (unpaired) electrons. The summed E-state index contributed by atoms with van der Waals surface area (Å²) in [4.78, 5) is 12.6. The minimum atomic E-state index is 0.184. The Balaban J connectivity index is 1.70. The van der Waals surface area contributed by atoms with Crippen molar-refractivity contribution in [1.82, 2.24) is 0 Å². The van der Waals surface area contributed by atoms with E-state index in [0.29, 0.717) is 23.4 Å². The number of carbonyl (C=O) groups is 1. The number of ketones is 1. The second kappa shape index (κ2) is 6.44. The van der Waals surface area contributed by atoms with E-state index in [0.717, 1.165) is 24.5 Å². The van der Waals surface area contributed by atoms with E-state index in [2.05, 4.69) is 13.0 Å². The third-order valence-electron chi connectivity index (χ3n) is 4.04. The van der Waals surface area contributed by atoms with Crippen LogP contribution in [0.3, 0.4) is 0 Å². The van der Waals surface area contributed by atoms with E-state index >= 15 is 0 Å². The van der Waals surface area contributed by atoms with Crippen LogP contribution in [0.15, 0.2) is 24.3 Å². The van der Waals surface area contributed by atoms with Crippen LogP contribution in [0, 0.1) is 0 Å². The molecule has 1 aromatic rings. The number of carbonyl (C=O) groups excluding carboxylic acids is 1. The lowest BCUT2D eigenvalue weighted by Gasteiger charge is -2.30. The molecular weight excluding hydrogens is 288 g/mol. The number of hydrogen-bond acceptors (Lipinski definition) is 4. The number of para-hydroxylation sites is 1. The molecule has 108 valence electrons. The summed E-state index contributed by atoms with van der Waals surface area (Å²) in [5.74, 6) is 4.02. The zero-order chi connectivity index (χ0) is 13.9. The third-order valence-corrected chi connectivity index (χ3v) is 7.17. The fourth-order valence-corrected chi connectivity index (χ4v) is 5.72. The Hall–Kier alpha value is -0.610. The molecule has 3 atom stereocenters. The maximum absolute atomic E-state index is 12.6. The molecule has 1 aromatic carbocycles. The van der Waals surface area contributed by atoms with E-state index in [1.165, 1.54) is 11.3 Å². The fourth-order valence-electron chi connectivity index (χ4n) is 2.97. The highest BCUT2D eigenvalue weighted by atomic mass is 32.2. The van der Waals surface area contributed by atoms with Gasteiger partial charge in [0.15, 0.2) is 0 Å². The second-order valence-electron chi connectivity index (χ2n) is 5.41. The summed E-state index contributed by atoms with van der Waals surface area (Å²) >= 11 is 3.78. The lowest BCUT2D eigenvalue weighted by molar-refractivity contribution is -0.119. The Morgan fingerprint density at radius 1 is 1.30 bits per heavy atom. The number of rotatable bonds is 3. The first-order valence-corrected chi connectivity index (χ1v) is 9.33. The first-order chi connectivity index (χ1) is 9.75. The predicted molar refractivity (Wildman–Crippen MR) is 87.1 cm³/mol. The molecule has 2 aliphatic heterocycles. The van der Waals surface area contributed by atoms with Gasteiger partial charge in [0.25, 0.3) is 0 Å². The third kappa shape index (κ3) is 3.01. The summed E-state index contributed by atoms with van der Waals surface area (Å²) in [5.41, 5.74) is 1.22. The number of ether oxygens (including phenoxy) is 1. The molecule has 0 amide bonds. The minimum absolute atomic E-state index is 0.184. The van der Waals surface area contributed by atoms with Gasteiger partial charge >= 0.3 is 0 Å². The van der Waals surface area contributed by atoms with Crippen LogP contribution in [0.5, 0.6) is 5.75 Å². The van der Waals surface area contributed by atoms with Crippen molar-refractivity contribution in [3.8, 4) is 5.75 Å². The molecular formula is C16H20O2S2. The normalized spacial score (nSPS) is 29.4. The maximum Gasteiger partial charge on any atom is 0.147 e. The van der Waals surface area contributed by atoms with E-state index in [1.54, 1.807) is 0 Å². The topological polar surface area (TPSA) is 26.3 Å². The standard InChI is InChI=1S/C16H20O2S2/c1-11-16(20-9-8-19-11)14(17)10-12-6-7-18-15-5-3-2-4-13(12)15/h2-5,11-12,16H,6-10H2,1H3. The Kier molecular flexibility index (Phi) is 4.61. The van der Waals surface area contributed by atoms with Crippen LogP contribution >= 0.6 is 23.5 Å². The Labute approximate surface area is 129 Å². The molecule has 3 unspecified atom stereocenters. The zero-order valence-electron chi connectivity index (χ0n) is 11.7. The lowest BCUT2D eigenvalue weighted by atomic mass is 9.88. The highest BCUT2D eigenvalue weighted by Gasteiger charge is 2.32. The summed E-state index contributed by atoms with van der Waals surface area (Å²) in [5, 5.41) is 0.639. The predicted octanol–water partition coefficient (Wildman–Crippen LogP) is 3.75. The highest BCUT2D eigenvalue weighted by Crippen LogP contribution is 2.38. The van der Waals surface area contributed by atoms with Crippen molar-refractivity contribution in [3.05, 3.63) is 29.8 Å². The van der Waals surface area contributed by atoms with Crippen LogP contribution in [0.2, 0.25) is 0 Å². The van der Waals surface area contributed by atoms with Crippen molar-refractivity contribution in [2.75, 3.05) is 18.1 Å². The van der Waals surface area contributed by atoms with Gasteiger partial charge in [-0.3, -0.25) is 4.79 Å². The fraction of sp³-hybridized carbons (Fsp3) is 0.562. The summed E-state index contributed by atoms with van der Waals surface area (Å²) in [6.07, 6.45) is 1.63. The van der Waals surface area contributed by atoms with Crippen molar-refractivity contribution in [2.24, 2.45) is 0 Å². The number of benzene rings is 1. The molecule has 4 heteroatoms. The van der Waals surface area contributed by atoms with Crippen LogP contribution in [-0.2, 0) is 4.79 Å². The van der Waals surface area contributed by atoms with Crippen molar-refractivity contribution in [3.63, 3.8) is 0 Å². The van der Waals surface area contributed by atoms with E-state index in [-0.39, 0.29) is 5.25 Å².